The number of halogens is 1. The average Bonchev–Trinajstić information content (AvgIpc) is 2.04. The van der Waals surface area contributed by atoms with E-state index in [1.165, 1.54) is 0 Å². The van der Waals surface area contributed by atoms with Crippen molar-refractivity contribution in [1.82, 2.24) is 0 Å². The van der Waals surface area contributed by atoms with Gasteiger partial charge in [0.25, 0.3) is 0 Å². The Morgan fingerprint density at radius 3 is 2.77 bits per heavy atom. The fraction of sp³-hybridized carbons (Fsp3) is 0.400. The van der Waals surface area contributed by atoms with Crippen LogP contribution < -0.4 is 5.73 Å². The highest BCUT2D eigenvalue weighted by Crippen LogP contribution is 2.26. The largest absolute Gasteiger partial charge is 0.398 e. The van der Waals surface area contributed by atoms with Gasteiger partial charge in [0.15, 0.2) is 0 Å². The molecule has 0 amide bonds. The lowest BCUT2D eigenvalue weighted by atomic mass is 10.0. The van der Waals surface area contributed by atoms with Gasteiger partial charge in [0.1, 0.15) is 0 Å². The third-order valence-corrected chi connectivity index (χ3v) is 2.46. The quantitative estimate of drug-likeness (QED) is 0.803. The van der Waals surface area contributed by atoms with E-state index in [1.807, 2.05) is 25.1 Å². The Balaban J connectivity index is 2.88. The highest BCUT2D eigenvalue weighted by molar-refractivity contribution is 9.10. The molecule has 0 fully saturated rings. The molecule has 1 atom stereocenters. The third kappa shape index (κ3) is 2.71. The zero-order valence-corrected chi connectivity index (χ0v) is 9.21. The van der Waals surface area contributed by atoms with Crippen molar-refractivity contribution < 1.29 is 5.11 Å². The van der Waals surface area contributed by atoms with Crippen LogP contribution in [0.5, 0.6) is 0 Å². The Hall–Kier alpha value is -0.540. The summed E-state index contributed by atoms with van der Waals surface area (Å²) in [5.41, 5.74) is 7.24. The lowest BCUT2D eigenvalue weighted by Crippen LogP contribution is -2.01. The fourth-order valence-electron chi connectivity index (χ4n) is 1.28. The van der Waals surface area contributed by atoms with Gasteiger partial charge < -0.3 is 10.8 Å². The van der Waals surface area contributed by atoms with E-state index in [9.17, 15) is 5.11 Å². The Bertz CT molecular complexity index is 288. The van der Waals surface area contributed by atoms with Gasteiger partial charge in [-0.05, 0) is 18.6 Å². The fourth-order valence-corrected chi connectivity index (χ4v) is 1.66. The average molecular weight is 244 g/mol. The Kier molecular flexibility index (Phi) is 3.75. The SMILES string of the molecule is CCCC(O)c1ccc(Br)cc1N. The normalized spacial score (nSPS) is 12.8. The summed E-state index contributed by atoms with van der Waals surface area (Å²) in [5.74, 6) is 0. The molecule has 1 aromatic carbocycles. The van der Waals surface area contributed by atoms with Crippen LogP contribution in [0.25, 0.3) is 0 Å². The van der Waals surface area contributed by atoms with Crippen LogP contribution >= 0.6 is 15.9 Å². The summed E-state index contributed by atoms with van der Waals surface area (Å²) in [7, 11) is 0. The molecule has 1 rings (SSSR count). The molecule has 3 N–H and O–H groups in total. The molecule has 0 spiro atoms. The van der Waals surface area contributed by atoms with Gasteiger partial charge in [-0.1, -0.05) is 35.3 Å². The van der Waals surface area contributed by atoms with E-state index < -0.39 is 6.10 Å². The number of hydrogen-bond acceptors (Lipinski definition) is 2. The van der Waals surface area contributed by atoms with Crippen LogP contribution in [0, 0.1) is 0 Å². The minimum absolute atomic E-state index is 0.432. The van der Waals surface area contributed by atoms with Crippen molar-refractivity contribution in [3.8, 4) is 0 Å². The summed E-state index contributed by atoms with van der Waals surface area (Å²) in [4.78, 5) is 0. The van der Waals surface area contributed by atoms with Crippen molar-refractivity contribution in [1.29, 1.82) is 0 Å². The Morgan fingerprint density at radius 2 is 2.23 bits per heavy atom. The number of benzene rings is 1. The van der Waals surface area contributed by atoms with Gasteiger partial charge in [0.05, 0.1) is 6.10 Å². The summed E-state index contributed by atoms with van der Waals surface area (Å²) >= 11 is 3.32. The first-order chi connectivity index (χ1) is 6.15. The minimum Gasteiger partial charge on any atom is -0.398 e. The Labute approximate surface area is 86.9 Å². The molecular weight excluding hydrogens is 230 g/mol. The molecule has 2 nitrogen and oxygen atoms in total. The number of nitrogens with two attached hydrogens (primary N) is 1. The molecule has 0 aliphatic carbocycles. The van der Waals surface area contributed by atoms with Crippen LogP contribution in [-0.2, 0) is 0 Å². The molecule has 0 saturated carbocycles. The molecule has 72 valence electrons. The molecule has 0 bridgehead atoms. The third-order valence-electron chi connectivity index (χ3n) is 1.97. The number of anilines is 1. The highest BCUT2D eigenvalue weighted by atomic mass is 79.9. The van der Waals surface area contributed by atoms with Gasteiger partial charge in [0.2, 0.25) is 0 Å². The monoisotopic (exact) mass is 243 g/mol. The number of aliphatic hydroxyl groups excluding tert-OH is 1. The summed E-state index contributed by atoms with van der Waals surface area (Å²) < 4.78 is 0.942. The predicted octanol–water partition coefficient (Wildman–Crippen LogP) is 2.86. The smallest absolute Gasteiger partial charge is 0.0809 e. The van der Waals surface area contributed by atoms with Gasteiger partial charge in [0, 0.05) is 15.7 Å². The van der Waals surface area contributed by atoms with E-state index in [-0.39, 0.29) is 0 Å². The van der Waals surface area contributed by atoms with Gasteiger partial charge in [-0.3, -0.25) is 0 Å². The maximum atomic E-state index is 9.70. The van der Waals surface area contributed by atoms with Gasteiger partial charge in [-0.15, -0.1) is 0 Å². The van der Waals surface area contributed by atoms with Crippen LogP contribution in [0.15, 0.2) is 22.7 Å². The van der Waals surface area contributed by atoms with E-state index in [1.54, 1.807) is 0 Å². The van der Waals surface area contributed by atoms with E-state index in [0.717, 1.165) is 22.9 Å². The first kappa shape index (κ1) is 10.5. The van der Waals surface area contributed by atoms with Crippen LogP contribution in [0.1, 0.15) is 31.4 Å². The van der Waals surface area contributed by atoms with Crippen molar-refractivity contribution in [3.63, 3.8) is 0 Å². The molecular formula is C10H14BrNO. The maximum absolute atomic E-state index is 9.70. The lowest BCUT2D eigenvalue weighted by Gasteiger charge is -2.12. The summed E-state index contributed by atoms with van der Waals surface area (Å²) in [6.07, 6.45) is 1.28. The van der Waals surface area contributed by atoms with Gasteiger partial charge in [-0.25, -0.2) is 0 Å². The molecule has 13 heavy (non-hydrogen) atoms. The second-order valence-electron chi connectivity index (χ2n) is 3.08. The van der Waals surface area contributed by atoms with Gasteiger partial charge >= 0.3 is 0 Å². The summed E-state index contributed by atoms with van der Waals surface area (Å²) in [6, 6.07) is 5.57. The lowest BCUT2D eigenvalue weighted by molar-refractivity contribution is 0.167. The van der Waals surface area contributed by atoms with E-state index in [0.29, 0.717) is 5.69 Å². The number of hydrogen-bond donors (Lipinski definition) is 2. The molecule has 0 aromatic heterocycles. The number of rotatable bonds is 3. The molecule has 0 aliphatic heterocycles. The number of nitrogen functional groups attached to an aromatic ring is 1. The summed E-state index contributed by atoms with van der Waals surface area (Å²) in [5, 5.41) is 9.70. The van der Waals surface area contributed by atoms with Crippen molar-refractivity contribution in [2.24, 2.45) is 0 Å². The Morgan fingerprint density at radius 1 is 1.54 bits per heavy atom. The molecule has 0 aliphatic rings. The van der Waals surface area contributed by atoms with Crippen LogP contribution in [0.3, 0.4) is 0 Å². The van der Waals surface area contributed by atoms with Crippen LogP contribution in [-0.4, -0.2) is 5.11 Å². The van der Waals surface area contributed by atoms with E-state index in [2.05, 4.69) is 15.9 Å². The highest BCUT2D eigenvalue weighted by Gasteiger charge is 2.09. The molecule has 1 aromatic rings. The summed E-state index contributed by atoms with van der Waals surface area (Å²) in [6.45, 7) is 2.04. The molecule has 0 saturated heterocycles. The van der Waals surface area contributed by atoms with Crippen molar-refractivity contribution in [2.75, 3.05) is 5.73 Å². The minimum atomic E-state index is -0.432. The van der Waals surface area contributed by atoms with E-state index >= 15 is 0 Å². The van der Waals surface area contributed by atoms with Crippen molar-refractivity contribution >= 4 is 21.6 Å². The first-order valence-corrected chi connectivity index (χ1v) is 5.17. The van der Waals surface area contributed by atoms with Crippen LogP contribution in [0.4, 0.5) is 5.69 Å². The first-order valence-electron chi connectivity index (χ1n) is 4.38. The topological polar surface area (TPSA) is 46.2 Å². The molecule has 1 unspecified atom stereocenters. The van der Waals surface area contributed by atoms with Crippen molar-refractivity contribution in [3.05, 3.63) is 28.2 Å². The van der Waals surface area contributed by atoms with E-state index in [4.69, 9.17) is 5.73 Å². The second kappa shape index (κ2) is 4.63. The molecule has 3 heteroatoms. The van der Waals surface area contributed by atoms with Crippen LogP contribution in [0.2, 0.25) is 0 Å². The maximum Gasteiger partial charge on any atom is 0.0809 e. The predicted molar refractivity (Wildman–Crippen MR) is 58.4 cm³/mol. The van der Waals surface area contributed by atoms with Gasteiger partial charge in [-0.2, -0.15) is 0 Å². The standard InChI is InChI=1S/C10H14BrNO/c1-2-3-10(13)8-5-4-7(11)6-9(8)12/h4-6,10,13H,2-3,12H2,1H3. The zero-order valence-electron chi connectivity index (χ0n) is 7.63. The second-order valence-corrected chi connectivity index (χ2v) is 3.99. The number of aliphatic hydroxyl groups is 1. The van der Waals surface area contributed by atoms with Crippen molar-refractivity contribution in [2.45, 2.75) is 25.9 Å². The molecule has 0 radical (unpaired) electrons. The zero-order chi connectivity index (χ0) is 9.84. The molecule has 0 heterocycles.